The van der Waals surface area contributed by atoms with Crippen LogP contribution < -0.4 is 4.90 Å². The number of aryl methyl sites for hydroxylation is 2. The maximum absolute atomic E-state index is 13.6. The highest BCUT2D eigenvalue weighted by Crippen LogP contribution is 2.27. The number of sulfonamides is 1. The van der Waals surface area contributed by atoms with E-state index in [9.17, 15) is 12.8 Å². The van der Waals surface area contributed by atoms with E-state index in [0.29, 0.717) is 31.7 Å². The van der Waals surface area contributed by atoms with Crippen molar-refractivity contribution in [2.24, 2.45) is 0 Å². The molecular weight excluding hydrogens is 433 g/mol. The normalized spacial score (nSPS) is 15.4. The van der Waals surface area contributed by atoms with Gasteiger partial charge in [0.1, 0.15) is 5.82 Å². The molecule has 0 saturated carbocycles. The first-order chi connectivity index (χ1) is 14.8. The molecule has 0 unspecified atom stereocenters. The molecule has 0 spiro atoms. The lowest BCUT2D eigenvalue weighted by atomic mass is 10.0. The second-order valence-electron chi connectivity index (χ2n) is 7.96. The monoisotopic (exact) mass is 459 g/mol. The van der Waals surface area contributed by atoms with Crippen molar-refractivity contribution >= 4 is 26.5 Å². The van der Waals surface area contributed by atoms with Crippen molar-refractivity contribution in [3.8, 4) is 0 Å². The van der Waals surface area contributed by atoms with Crippen LogP contribution in [-0.4, -0.2) is 43.9 Å². The van der Waals surface area contributed by atoms with Crippen LogP contribution in [0.5, 0.6) is 0 Å². The van der Waals surface area contributed by atoms with Crippen LogP contribution in [0.3, 0.4) is 0 Å². The fourth-order valence-corrected chi connectivity index (χ4v) is 6.37. The summed E-state index contributed by atoms with van der Waals surface area (Å²) >= 11 is 1.59. The third-order valence-electron chi connectivity index (χ3n) is 5.91. The number of rotatable bonds is 5. The SMILES string of the molecule is Cc1ccc(F)cc1S(=O)(=O)N1CCN(c2nc(Cc3cccc(C)c3C)cs2)CC1. The third-order valence-corrected chi connectivity index (χ3v) is 8.90. The van der Waals surface area contributed by atoms with E-state index in [-0.39, 0.29) is 4.90 Å². The molecule has 2 aromatic carbocycles. The Kier molecular flexibility index (Phi) is 6.14. The highest BCUT2D eigenvalue weighted by Gasteiger charge is 2.30. The van der Waals surface area contributed by atoms with Crippen LogP contribution in [0.4, 0.5) is 9.52 Å². The maximum atomic E-state index is 13.6. The molecule has 0 bridgehead atoms. The second kappa shape index (κ2) is 8.68. The molecule has 1 aliphatic rings. The van der Waals surface area contributed by atoms with Gasteiger partial charge in [-0.3, -0.25) is 0 Å². The lowest BCUT2D eigenvalue weighted by Crippen LogP contribution is -2.48. The van der Waals surface area contributed by atoms with Gasteiger partial charge in [-0.25, -0.2) is 17.8 Å². The summed E-state index contributed by atoms with van der Waals surface area (Å²) in [5.74, 6) is -0.540. The summed E-state index contributed by atoms with van der Waals surface area (Å²) in [7, 11) is -3.72. The lowest BCUT2D eigenvalue weighted by molar-refractivity contribution is 0.384. The minimum Gasteiger partial charge on any atom is -0.345 e. The molecule has 4 rings (SSSR count). The average molecular weight is 460 g/mol. The van der Waals surface area contributed by atoms with E-state index in [1.807, 2.05) is 0 Å². The minimum absolute atomic E-state index is 0.0472. The molecule has 164 valence electrons. The Labute approximate surface area is 187 Å². The molecule has 31 heavy (non-hydrogen) atoms. The predicted octanol–water partition coefficient (Wildman–Crippen LogP) is 4.31. The number of hydrogen-bond donors (Lipinski definition) is 0. The van der Waals surface area contributed by atoms with Gasteiger partial charge in [-0.1, -0.05) is 24.3 Å². The van der Waals surface area contributed by atoms with Gasteiger partial charge in [-0.05, 0) is 55.2 Å². The lowest BCUT2D eigenvalue weighted by Gasteiger charge is -2.34. The van der Waals surface area contributed by atoms with Gasteiger partial charge in [0.05, 0.1) is 10.6 Å². The summed E-state index contributed by atoms with van der Waals surface area (Å²) in [5, 5.41) is 3.00. The first kappa shape index (κ1) is 21.9. The summed E-state index contributed by atoms with van der Waals surface area (Å²) in [4.78, 5) is 6.97. The van der Waals surface area contributed by atoms with Crippen molar-refractivity contribution in [2.75, 3.05) is 31.1 Å². The summed E-state index contributed by atoms with van der Waals surface area (Å²) in [6, 6.07) is 10.2. The van der Waals surface area contributed by atoms with Crippen molar-refractivity contribution in [1.29, 1.82) is 0 Å². The number of anilines is 1. The zero-order valence-corrected chi connectivity index (χ0v) is 19.6. The zero-order valence-electron chi connectivity index (χ0n) is 17.9. The predicted molar refractivity (Wildman–Crippen MR) is 123 cm³/mol. The van der Waals surface area contributed by atoms with Crippen molar-refractivity contribution in [2.45, 2.75) is 32.1 Å². The standard InChI is InChI=1S/C23H26FN3O2S2/c1-16-5-4-6-19(18(16)3)13-21-15-30-23(25-21)26-9-11-27(12-10-26)31(28,29)22-14-20(24)8-7-17(22)2/h4-8,14-15H,9-13H2,1-3H3. The number of aromatic nitrogens is 1. The maximum Gasteiger partial charge on any atom is 0.243 e. The molecule has 0 radical (unpaired) electrons. The van der Waals surface area contributed by atoms with Crippen LogP contribution in [0.1, 0.15) is 27.9 Å². The van der Waals surface area contributed by atoms with E-state index in [1.165, 1.54) is 33.1 Å². The van der Waals surface area contributed by atoms with E-state index in [4.69, 9.17) is 4.98 Å². The molecular formula is C23H26FN3O2S2. The van der Waals surface area contributed by atoms with Crippen molar-refractivity contribution in [3.05, 3.63) is 75.5 Å². The first-order valence-corrected chi connectivity index (χ1v) is 12.6. The van der Waals surface area contributed by atoms with Gasteiger partial charge in [-0.15, -0.1) is 11.3 Å². The van der Waals surface area contributed by atoms with Crippen molar-refractivity contribution < 1.29 is 12.8 Å². The Balaban J connectivity index is 1.44. The van der Waals surface area contributed by atoms with Crippen LogP contribution in [0, 0.1) is 26.6 Å². The topological polar surface area (TPSA) is 53.5 Å². The second-order valence-corrected chi connectivity index (χ2v) is 10.7. The molecule has 5 nitrogen and oxygen atoms in total. The molecule has 0 amide bonds. The molecule has 1 fully saturated rings. The zero-order chi connectivity index (χ0) is 22.2. The van der Waals surface area contributed by atoms with E-state index in [1.54, 1.807) is 18.3 Å². The molecule has 1 saturated heterocycles. The molecule has 0 N–H and O–H groups in total. The number of nitrogens with zero attached hydrogens (tertiary/aromatic N) is 3. The van der Waals surface area contributed by atoms with E-state index in [2.05, 4.69) is 42.3 Å². The summed E-state index contributed by atoms with van der Waals surface area (Å²) in [5.41, 5.74) is 5.43. The Morgan fingerprint density at radius 3 is 2.52 bits per heavy atom. The van der Waals surface area contributed by atoms with Gasteiger partial charge >= 0.3 is 0 Å². The van der Waals surface area contributed by atoms with Crippen molar-refractivity contribution in [1.82, 2.24) is 9.29 Å². The summed E-state index contributed by atoms with van der Waals surface area (Å²) < 4.78 is 41.1. The van der Waals surface area contributed by atoms with Crippen molar-refractivity contribution in [3.63, 3.8) is 0 Å². The average Bonchev–Trinajstić information content (AvgIpc) is 3.22. The minimum atomic E-state index is -3.72. The number of halogens is 1. The number of thiazole rings is 1. The smallest absolute Gasteiger partial charge is 0.243 e. The van der Waals surface area contributed by atoms with Crippen LogP contribution in [0.25, 0.3) is 0 Å². The Morgan fingerprint density at radius 2 is 1.77 bits per heavy atom. The molecule has 0 atom stereocenters. The number of benzene rings is 2. The number of hydrogen-bond acceptors (Lipinski definition) is 5. The van der Waals surface area contributed by atoms with Gasteiger partial charge in [0.2, 0.25) is 10.0 Å². The quantitative estimate of drug-likeness (QED) is 0.571. The Hall–Kier alpha value is -2.29. The van der Waals surface area contributed by atoms with Crippen LogP contribution in [0.15, 0.2) is 46.7 Å². The fourth-order valence-electron chi connectivity index (χ4n) is 3.83. The Morgan fingerprint density at radius 1 is 1.03 bits per heavy atom. The largest absolute Gasteiger partial charge is 0.345 e. The summed E-state index contributed by atoms with van der Waals surface area (Å²) in [6.45, 7) is 7.76. The van der Waals surface area contributed by atoms with Gasteiger partial charge in [0.25, 0.3) is 0 Å². The van der Waals surface area contributed by atoms with E-state index in [0.717, 1.165) is 23.3 Å². The number of piperazine rings is 1. The highest BCUT2D eigenvalue weighted by atomic mass is 32.2. The van der Waals surface area contributed by atoms with Gasteiger partial charge in [-0.2, -0.15) is 4.31 Å². The molecule has 1 aliphatic heterocycles. The highest BCUT2D eigenvalue weighted by molar-refractivity contribution is 7.89. The molecule has 1 aromatic heterocycles. The molecule has 8 heteroatoms. The molecule has 2 heterocycles. The van der Waals surface area contributed by atoms with Crippen LogP contribution in [0.2, 0.25) is 0 Å². The van der Waals surface area contributed by atoms with Gasteiger partial charge < -0.3 is 4.90 Å². The third kappa shape index (κ3) is 4.51. The van der Waals surface area contributed by atoms with E-state index < -0.39 is 15.8 Å². The Bertz CT molecular complexity index is 1200. The van der Waals surface area contributed by atoms with Crippen LogP contribution in [-0.2, 0) is 16.4 Å². The summed E-state index contributed by atoms with van der Waals surface area (Å²) in [6.07, 6.45) is 0.789. The molecule has 0 aliphatic carbocycles. The van der Waals surface area contributed by atoms with Gasteiger partial charge in [0.15, 0.2) is 5.13 Å². The first-order valence-electron chi connectivity index (χ1n) is 10.3. The molecule has 3 aromatic rings. The van der Waals surface area contributed by atoms with Gasteiger partial charge in [0, 0.05) is 38.0 Å². The van der Waals surface area contributed by atoms with Crippen LogP contribution >= 0.6 is 11.3 Å². The van der Waals surface area contributed by atoms with E-state index >= 15 is 0 Å². The fraction of sp³-hybridized carbons (Fsp3) is 0.348.